The molecule has 124 valence electrons. The van der Waals surface area contributed by atoms with Crippen LogP contribution < -0.4 is 9.47 Å². The predicted molar refractivity (Wildman–Crippen MR) is 90.0 cm³/mol. The van der Waals surface area contributed by atoms with Crippen molar-refractivity contribution in [3.05, 3.63) is 53.0 Å². The van der Waals surface area contributed by atoms with Crippen LogP contribution in [0.3, 0.4) is 0 Å². The SMILES string of the molecule is COc1ccc(CC(=O)c2cnn3c(C)cc(C)nc23)c(OC)c1. The lowest BCUT2D eigenvalue weighted by atomic mass is 10.0. The lowest BCUT2D eigenvalue weighted by Crippen LogP contribution is -2.06. The highest BCUT2D eigenvalue weighted by molar-refractivity contribution is 6.02. The molecule has 3 rings (SSSR count). The van der Waals surface area contributed by atoms with Gasteiger partial charge in [0, 0.05) is 29.4 Å². The Morgan fingerprint density at radius 2 is 1.96 bits per heavy atom. The molecule has 0 fully saturated rings. The Bertz CT molecular complexity index is 915. The molecular formula is C18H19N3O3. The van der Waals surface area contributed by atoms with E-state index in [9.17, 15) is 4.79 Å². The molecule has 0 saturated heterocycles. The van der Waals surface area contributed by atoms with Crippen LogP contribution in [-0.4, -0.2) is 34.6 Å². The molecule has 0 unspecified atom stereocenters. The minimum absolute atomic E-state index is 0.0500. The first kappa shape index (κ1) is 16.0. The molecule has 0 bridgehead atoms. The fraction of sp³-hybridized carbons (Fsp3) is 0.278. The molecule has 0 saturated carbocycles. The quantitative estimate of drug-likeness (QED) is 0.675. The van der Waals surface area contributed by atoms with Crippen molar-refractivity contribution in [1.82, 2.24) is 14.6 Å². The zero-order valence-electron chi connectivity index (χ0n) is 14.2. The summed E-state index contributed by atoms with van der Waals surface area (Å²) < 4.78 is 12.2. The summed E-state index contributed by atoms with van der Waals surface area (Å²) in [6.07, 6.45) is 1.79. The van der Waals surface area contributed by atoms with Gasteiger partial charge in [-0.1, -0.05) is 6.07 Å². The van der Waals surface area contributed by atoms with Crippen molar-refractivity contribution < 1.29 is 14.3 Å². The number of benzene rings is 1. The molecule has 24 heavy (non-hydrogen) atoms. The summed E-state index contributed by atoms with van der Waals surface area (Å²) >= 11 is 0. The third-order valence-corrected chi connectivity index (χ3v) is 3.92. The Hall–Kier alpha value is -2.89. The van der Waals surface area contributed by atoms with E-state index in [1.165, 1.54) is 0 Å². The zero-order valence-corrected chi connectivity index (χ0v) is 14.2. The third kappa shape index (κ3) is 2.82. The van der Waals surface area contributed by atoms with Gasteiger partial charge >= 0.3 is 0 Å². The van der Waals surface area contributed by atoms with Crippen LogP contribution in [0.1, 0.15) is 27.3 Å². The van der Waals surface area contributed by atoms with Gasteiger partial charge in [0.25, 0.3) is 0 Å². The Balaban J connectivity index is 1.96. The van der Waals surface area contributed by atoms with Crippen molar-refractivity contribution in [2.24, 2.45) is 0 Å². The van der Waals surface area contributed by atoms with Crippen LogP contribution in [0.2, 0.25) is 0 Å². The number of nitrogens with zero attached hydrogens (tertiary/aromatic N) is 3. The summed E-state index contributed by atoms with van der Waals surface area (Å²) in [5.74, 6) is 1.26. The van der Waals surface area contributed by atoms with Gasteiger partial charge in [-0.05, 0) is 26.0 Å². The fourth-order valence-electron chi connectivity index (χ4n) is 2.73. The first-order chi connectivity index (χ1) is 11.5. The van der Waals surface area contributed by atoms with E-state index in [0.29, 0.717) is 22.7 Å². The van der Waals surface area contributed by atoms with E-state index in [4.69, 9.17) is 9.47 Å². The number of carbonyl (C=O) groups excluding carboxylic acids is 1. The van der Waals surface area contributed by atoms with Crippen molar-refractivity contribution >= 4 is 11.4 Å². The molecule has 0 spiro atoms. The maximum atomic E-state index is 12.8. The number of ketones is 1. The van der Waals surface area contributed by atoms with Crippen LogP contribution in [0, 0.1) is 13.8 Å². The number of methoxy groups -OCH3 is 2. The second-order valence-corrected chi connectivity index (χ2v) is 5.61. The van der Waals surface area contributed by atoms with Gasteiger partial charge in [0.15, 0.2) is 11.4 Å². The molecule has 2 aromatic heterocycles. The minimum Gasteiger partial charge on any atom is -0.497 e. The Morgan fingerprint density at radius 3 is 2.67 bits per heavy atom. The third-order valence-electron chi connectivity index (χ3n) is 3.92. The molecule has 0 aliphatic rings. The maximum Gasteiger partial charge on any atom is 0.172 e. The molecule has 0 aliphatic heterocycles. The molecule has 0 radical (unpaired) electrons. The lowest BCUT2D eigenvalue weighted by molar-refractivity contribution is 0.0993. The molecule has 1 aromatic carbocycles. The number of hydrogen-bond acceptors (Lipinski definition) is 5. The van der Waals surface area contributed by atoms with E-state index >= 15 is 0 Å². The van der Waals surface area contributed by atoms with Gasteiger partial charge < -0.3 is 9.47 Å². The van der Waals surface area contributed by atoms with E-state index in [2.05, 4.69) is 10.1 Å². The number of aryl methyl sites for hydroxylation is 2. The molecule has 0 amide bonds. The van der Waals surface area contributed by atoms with E-state index in [1.54, 1.807) is 31.0 Å². The first-order valence-electron chi connectivity index (χ1n) is 7.59. The average Bonchev–Trinajstić information content (AvgIpc) is 2.99. The molecular weight excluding hydrogens is 306 g/mol. The van der Waals surface area contributed by atoms with E-state index in [-0.39, 0.29) is 12.2 Å². The Morgan fingerprint density at radius 1 is 1.17 bits per heavy atom. The summed E-state index contributed by atoms with van der Waals surface area (Å²) in [4.78, 5) is 17.2. The monoisotopic (exact) mass is 325 g/mol. The second-order valence-electron chi connectivity index (χ2n) is 5.61. The van der Waals surface area contributed by atoms with Crippen LogP contribution >= 0.6 is 0 Å². The summed E-state index contributed by atoms with van der Waals surface area (Å²) in [6, 6.07) is 7.35. The van der Waals surface area contributed by atoms with E-state index in [0.717, 1.165) is 17.0 Å². The van der Waals surface area contributed by atoms with Gasteiger partial charge in [-0.15, -0.1) is 0 Å². The number of carbonyl (C=O) groups is 1. The van der Waals surface area contributed by atoms with Gasteiger partial charge in [0.1, 0.15) is 11.5 Å². The van der Waals surface area contributed by atoms with Crippen LogP contribution in [0.15, 0.2) is 30.5 Å². The smallest absolute Gasteiger partial charge is 0.172 e. The highest BCUT2D eigenvalue weighted by Gasteiger charge is 2.18. The van der Waals surface area contributed by atoms with Gasteiger partial charge in [-0.25, -0.2) is 9.50 Å². The Kier molecular flexibility index (Phi) is 4.20. The van der Waals surface area contributed by atoms with Crippen molar-refractivity contribution in [2.45, 2.75) is 20.3 Å². The van der Waals surface area contributed by atoms with Gasteiger partial charge in [-0.3, -0.25) is 4.79 Å². The number of Topliss-reactive ketones (excluding diaryl/α,β-unsaturated/α-hetero) is 1. The summed E-state index contributed by atoms with van der Waals surface area (Å²) in [5, 5.41) is 4.27. The second kappa shape index (κ2) is 6.31. The molecule has 3 aromatic rings. The topological polar surface area (TPSA) is 65.7 Å². The molecule has 2 heterocycles. The van der Waals surface area contributed by atoms with Gasteiger partial charge in [-0.2, -0.15) is 5.10 Å². The number of hydrogen-bond donors (Lipinski definition) is 0. The van der Waals surface area contributed by atoms with Gasteiger partial charge in [0.05, 0.1) is 26.0 Å². The zero-order chi connectivity index (χ0) is 17.3. The number of ether oxygens (including phenoxy) is 2. The first-order valence-corrected chi connectivity index (χ1v) is 7.59. The van der Waals surface area contributed by atoms with Crippen molar-refractivity contribution in [3.8, 4) is 11.5 Å². The van der Waals surface area contributed by atoms with Crippen LogP contribution in [0.4, 0.5) is 0 Å². The summed E-state index contributed by atoms with van der Waals surface area (Å²) in [7, 11) is 3.17. The van der Waals surface area contributed by atoms with Crippen LogP contribution in [0.25, 0.3) is 5.65 Å². The van der Waals surface area contributed by atoms with E-state index in [1.807, 2.05) is 32.0 Å². The maximum absolute atomic E-state index is 12.8. The molecule has 0 N–H and O–H groups in total. The minimum atomic E-state index is -0.0500. The van der Waals surface area contributed by atoms with Crippen molar-refractivity contribution in [3.63, 3.8) is 0 Å². The standard InChI is InChI=1S/C18H19N3O3/c1-11-7-12(2)21-18(20-11)15(10-19-21)16(22)8-13-5-6-14(23-3)9-17(13)24-4/h5-7,9-10H,8H2,1-4H3. The average molecular weight is 325 g/mol. The van der Waals surface area contributed by atoms with Gasteiger partial charge in [0.2, 0.25) is 0 Å². The predicted octanol–water partition coefficient (Wildman–Crippen LogP) is 2.79. The number of rotatable bonds is 5. The fourth-order valence-corrected chi connectivity index (χ4v) is 2.73. The van der Waals surface area contributed by atoms with Crippen molar-refractivity contribution in [1.29, 1.82) is 0 Å². The van der Waals surface area contributed by atoms with Crippen LogP contribution in [-0.2, 0) is 6.42 Å². The number of fused-ring (bicyclic) bond motifs is 1. The molecule has 0 aliphatic carbocycles. The number of aromatic nitrogens is 3. The summed E-state index contributed by atoms with van der Waals surface area (Å²) in [6.45, 7) is 3.84. The lowest BCUT2D eigenvalue weighted by Gasteiger charge is -2.09. The van der Waals surface area contributed by atoms with E-state index < -0.39 is 0 Å². The molecule has 6 heteroatoms. The van der Waals surface area contributed by atoms with Crippen molar-refractivity contribution in [2.75, 3.05) is 14.2 Å². The Labute approximate surface area is 140 Å². The largest absolute Gasteiger partial charge is 0.497 e. The normalized spacial score (nSPS) is 10.8. The highest BCUT2D eigenvalue weighted by Crippen LogP contribution is 2.26. The van der Waals surface area contributed by atoms with Crippen LogP contribution in [0.5, 0.6) is 11.5 Å². The molecule has 0 atom stereocenters. The summed E-state index contributed by atoms with van der Waals surface area (Å²) in [5.41, 5.74) is 3.70. The highest BCUT2D eigenvalue weighted by atomic mass is 16.5. The molecule has 6 nitrogen and oxygen atoms in total.